The first-order valence-corrected chi connectivity index (χ1v) is 4.22. The maximum Gasteiger partial charge on any atom is 0.379 e. The number of alkyl halides is 2. The maximum absolute atomic E-state index is 13.1. The van der Waals surface area contributed by atoms with Gasteiger partial charge in [-0.25, -0.2) is 4.79 Å². The number of carboxylic acids is 1. The summed E-state index contributed by atoms with van der Waals surface area (Å²) in [5.74, 6) is -6.12. The highest BCUT2D eigenvalue weighted by Crippen LogP contribution is 2.33. The molecular formula is C9H7ClF2O3. The summed E-state index contributed by atoms with van der Waals surface area (Å²) >= 11 is 5.53. The molecule has 0 saturated carbocycles. The second-order valence-electron chi connectivity index (χ2n) is 2.76. The minimum atomic E-state index is -3.97. The third kappa shape index (κ3) is 2.36. The normalized spacial score (nSPS) is 11.2. The number of methoxy groups -OCH3 is 1. The van der Waals surface area contributed by atoms with E-state index in [9.17, 15) is 13.6 Å². The van der Waals surface area contributed by atoms with Crippen LogP contribution in [0.3, 0.4) is 0 Å². The molecule has 0 fully saturated rings. The van der Waals surface area contributed by atoms with Gasteiger partial charge in [0.1, 0.15) is 5.75 Å². The van der Waals surface area contributed by atoms with Crippen LogP contribution in [0.1, 0.15) is 5.56 Å². The van der Waals surface area contributed by atoms with E-state index in [2.05, 4.69) is 0 Å². The number of aliphatic carboxylic acids is 1. The minimum Gasteiger partial charge on any atom is -0.497 e. The number of halogens is 3. The van der Waals surface area contributed by atoms with Gasteiger partial charge in [-0.05, 0) is 18.2 Å². The molecule has 0 radical (unpaired) electrons. The fourth-order valence-corrected chi connectivity index (χ4v) is 1.21. The highest BCUT2D eigenvalue weighted by atomic mass is 35.5. The number of hydrogen-bond donors (Lipinski definition) is 1. The van der Waals surface area contributed by atoms with Gasteiger partial charge >= 0.3 is 11.9 Å². The molecule has 0 amide bonds. The molecule has 0 heterocycles. The van der Waals surface area contributed by atoms with Gasteiger partial charge in [0.25, 0.3) is 0 Å². The number of rotatable bonds is 3. The van der Waals surface area contributed by atoms with Crippen molar-refractivity contribution in [3.63, 3.8) is 0 Å². The second-order valence-corrected chi connectivity index (χ2v) is 3.20. The Bertz CT molecular complexity index is 393. The zero-order chi connectivity index (χ0) is 11.6. The molecule has 0 spiro atoms. The molecule has 3 nitrogen and oxygen atoms in total. The molecule has 1 N–H and O–H groups in total. The first-order valence-electron chi connectivity index (χ1n) is 3.84. The van der Waals surface area contributed by atoms with E-state index < -0.39 is 17.5 Å². The van der Waals surface area contributed by atoms with Crippen molar-refractivity contribution in [3.05, 3.63) is 28.8 Å². The van der Waals surface area contributed by atoms with E-state index in [0.29, 0.717) is 0 Å². The van der Waals surface area contributed by atoms with E-state index in [1.165, 1.54) is 13.2 Å². The summed E-state index contributed by atoms with van der Waals surface area (Å²) in [6.07, 6.45) is 0. The Kier molecular flexibility index (Phi) is 3.14. The van der Waals surface area contributed by atoms with E-state index in [1.807, 2.05) is 0 Å². The topological polar surface area (TPSA) is 46.5 Å². The van der Waals surface area contributed by atoms with Crippen LogP contribution < -0.4 is 4.74 Å². The quantitative estimate of drug-likeness (QED) is 0.877. The van der Waals surface area contributed by atoms with Gasteiger partial charge in [-0.2, -0.15) is 8.78 Å². The van der Waals surface area contributed by atoms with Crippen molar-refractivity contribution in [3.8, 4) is 5.75 Å². The summed E-state index contributed by atoms with van der Waals surface area (Å²) in [5, 5.41) is 8.31. The number of hydrogen-bond acceptors (Lipinski definition) is 2. The van der Waals surface area contributed by atoms with Crippen molar-refractivity contribution in [1.82, 2.24) is 0 Å². The van der Waals surface area contributed by atoms with Crippen molar-refractivity contribution < 1.29 is 23.4 Å². The maximum atomic E-state index is 13.1. The molecule has 1 rings (SSSR count). The first-order chi connectivity index (χ1) is 6.87. The molecule has 1 aromatic carbocycles. The molecule has 6 heteroatoms. The monoisotopic (exact) mass is 236 g/mol. The Morgan fingerprint density at radius 1 is 1.47 bits per heavy atom. The number of carboxylic acid groups (broad SMARTS) is 1. The molecule has 0 aliphatic heterocycles. The summed E-state index contributed by atoms with van der Waals surface area (Å²) < 4.78 is 30.8. The molecule has 15 heavy (non-hydrogen) atoms. The predicted molar refractivity (Wildman–Crippen MR) is 49.5 cm³/mol. The highest BCUT2D eigenvalue weighted by molar-refractivity contribution is 6.30. The third-order valence-corrected chi connectivity index (χ3v) is 1.96. The molecular weight excluding hydrogens is 230 g/mol. The van der Waals surface area contributed by atoms with Crippen LogP contribution in [0.25, 0.3) is 0 Å². The summed E-state index contributed by atoms with van der Waals surface area (Å²) in [5.41, 5.74) is -0.709. The lowest BCUT2D eigenvalue weighted by molar-refractivity contribution is -0.166. The first kappa shape index (κ1) is 11.7. The fourth-order valence-electron chi connectivity index (χ4n) is 0.985. The van der Waals surface area contributed by atoms with Crippen LogP contribution in [0.15, 0.2) is 18.2 Å². The summed E-state index contributed by atoms with van der Waals surface area (Å²) in [7, 11) is 1.27. The lowest BCUT2D eigenvalue weighted by atomic mass is 10.1. The largest absolute Gasteiger partial charge is 0.497 e. The number of carbonyl (C=O) groups is 1. The van der Waals surface area contributed by atoms with Gasteiger partial charge in [0.2, 0.25) is 0 Å². The molecule has 1 aromatic rings. The van der Waals surface area contributed by atoms with Crippen LogP contribution in [-0.2, 0) is 10.7 Å². The van der Waals surface area contributed by atoms with Crippen LogP contribution in [0.5, 0.6) is 5.75 Å². The van der Waals surface area contributed by atoms with Gasteiger partial charge in [0, 0.05) is 10.6 Å². The summed E-state index contributed by atoms with van der Waals surface area (Å²) in [6, 6.07) is 3.13. The van der Waals surface area contributed by atoms with Crippen LogP contribution in [0.2, 0.25) is 5.02 Å². The Balaban J connectivity index is 3.25. The van der Waals surface area contributed by atoms with Gasteiger partial charge in [-0.3, -0.25) is 0 Å². The van der Waals surface area contributed by atoms with Crippen molar-refractivity contribution in [2.45, 2.75) is 5.92 Å². The Hall–Kier alpha value is -1.36. The molecule has 0 aliphatic rings. The van der Waals surface area contributed by atoms with Gasteiger partial charge < -0.3 is 9.84 Å². The average molecular weight is 237 g/mol. The predicted octanol–water partition coefficient (Wildman–Crippen LogP) is 2.52. The van der Waals surface area contributed by atoms with E-state index in [4.69, 9.17) is 21.4 Å². The van der Waals surface area contributed by atoms with E-state index in [1.54, 1.807) is 0 Å². The average Bonchev–Trinajstić information content (AvgIpc) is 2.16. The van der Waals surface area contributed by atoms with Crippen molar-refractivity contribution >= 4 is 17.6 Å². The van der Waals surface area contributed by atoms with E-state index in [-0.39, 0.29) is 10.8 Å². The number of ether oxygens (including phenoxy) is 1. The molecule has 0 aliphatic carbocycles. The highest BCUT2D eigenvalue weighted by Gasteiger charge is 2.41. The lowest BCUT2D eigenvalue weighted by Gasteiger charge is -2.12. The van der Waals surface area contributed by atoms with Gasteiger partial charge in [0.15, 0.2) is 0 Å². The molecule has 0 bridgehead atoms. The lowest BCUT2D eigenvalue weighted by Crippen LogP contribution is -2.25. The standard InChI is InChI=1S/C9H7ClF2O3/c1-15-7-3-5(2-6(10)4-7)9(11,12)8(13)14/h2-4H,1H3,(H,13,14). The van der Waals surface area contributed by atoms with E-state index in [0.717, 1.165) is 12.1 Å². The smallest absolute Gasteiger partial charge is 0.379 e. The van der Waals surface area contributed by atoms with Crippen LogP contribution in [-0.4, -0.2) is 18.2 Å². The van der Waals surface area contributed by atoms with Gasteiger partial charge in [-0.1, -0.05) is 11.6 Å². The molecule has 0 aromatic heterocycles. The van der Waals surface area contributed by atoms with Gasteiger partial charge in [0.05, 0.1) is 7.11 Å². The molecule has 0 unspecified atom stereocenters. The molecule has 82 valence electrons. The Morgan fingerprint density at radius 3 is 2.53 bits per heavy atom. The van der Waals surface area contributed by atoms with Crippen molar-refractivity contribution in [2.75, 3.05) is 7.11 Å². The minimum absolute atomic E-state index is 0.00900. The molecule has 0 saturated heterocycles. The third-order valence-electron chi connectivity index (χ3n) is 1.74. The zero-order valence-electron chi connectivity index (χ0n) is 7.63. The van der Waals surface area contributed by atoms with Crippen molar-refractivity contribution in [2.24, 2.45) is 0 Å². The van der Waals surface area contributed by atoms with Crippen molar-refractivity contribution in [1.29, 1.82) is 0 Å². The van der Waals surface area contributed by atoms with Gasteiger partial charge in [-0.15, -0.1) is 0 Å². The fraction of sp³-hybridized carbons (Fsp3) is 0.222. The van der Waals surface area contributed by atoms with Crippen LogP contribution in [0.4, 0.5) is 8.78 Å². The number of benzene rings is 1. The summed E-state index contributed by atoms with van der Waals surface area (Å²) in [6.45, 7) is 0. The zero-order valence-corrected chi connectivity index (χ0v) is 8.39. The van der Waals surface area contributed by atoms with E-state index >= 15 is 0 Å². The van der Waals surface area contributed by atoms with Crippen LogP contribution in [0, 0.1) is 0 Å². The second kappa shape index (κ2) is 4.02. The van der Waals surface area contributed by atoms with Crippen LogP contribution >= 0.6 is 11.6 Å². The Labute approximate surface area is 89.2 Å². The Morgan fingerprint density at radius 2 is 2.07 bits per heavy atom. The molecule has 0 atom stereocenters. The summed E-state index contributed by atoms with van der Waals surface area (Å²) in [4.78, 5) is 10.3. The SMILES string of the molecule is COc1cc(Cl)cc(C(F)(F)C(=O)O)c1.